The van der Waals surface area contributed by atoms with Crippen molar-refractivity contribution in [3.63, 3.8) is 0 Å². The van der Waals surface area contributed by atoms with E-state index in [0.29, 0.717) is 35.7 Å². The van der Waals surface area contributed by atoms with Gasteiger partial charge in [-0.3, -0.25) is 4.79 Å². The average molecular weight is 262 g/mol. The normalized spacial score (nSPS) is 9.21. The first kappa shape index (κ1) is 14.7. The van der Waals surface area contributed by atoms with Crippen LogP contribution < -0.4 is 20.5 Å². The lowest BCUT2D eigenvalue weighted by atomic mass is 10.1. The zero-order valence-electron chi connectivity index (χ0n) is 11.4. The van der Waals surface area contributed by atoms with Crippen LogP contribution in [0.5, 0.6) is 11.5 Å². The van der Waals surface area contributed by atoms with Crippen LogP contribution in [0.4, 0.5) is 5.69 Å². The molecule has 0 aliphatic heterocycles. The third-order valence-corrected chi connectivity index (χ3v) is 2.53. The van der Waals surface area contributed by atoms with Crippen molar-refractivity contribution in [2.24, 2.45) is 0 Å². The van der Waals surface area contributed by atoms with E-state index in [4.69, 9.17) is 15.2 Å². The Labute approximate surface area is 113 Å². The number of rotatable bonds is 5. The average Bonchev–Trinajstić information content (AvgIpc) is 2.43. The summed E-state index contributed by atoms with van der Waals surface area (Å²) in [7, 11) is 3.01. The fourth-order valence-corrected chi connectivity index (χ4v) is 1.53. The minimum atomic E-state index is -0.271. The second kappa shape index (κ2) is 7.17. The number of carbonyl (C=O) groups is 1. The summed E-state index contributed by atoms with van der Waals surface area (Å²) in [5, 5.41) is 2.74. The minimum Gasteiger partial charge on any atom is -0.497 e. The molecule has 0 atom stereocenters. The molecule has 0 radical (unpaired) electrons. The van der Waals surface area contributed by atoms with Crippen molar-refractivity contribution in [3.8, 4) is 23.3 Å². The fourth-order valence-electron chi connectivity index (χ4n) is 1.53. The Morgan fingerprint density at radius 1 is 1.37 bits per heavy atom. The summed E-state index contributed by atoms with van der Waals surface area (Å²) >= 11 is 0. The van der Waals surface area contributed by atoms with Gasteiger partial charge in [0.05, 0.1) is 25.5 Å². The van der Waals surface area contributed by atoms with Crippen molar-refractivity contribution in [3.05, 3.63) is 17.7 Å². The molecule has 1 aromatic rings. The molecule has 0 saturated carbocycles. The van der Waals surface area contributed by atoms with Gasteiger partial charge in [-0.05, 0) is 13.0 Å². The van der Waals surface area contributed by atoms with Gasteiger partial charge in [0.25, 0.3) is 5.91 Å². The molecule has 0 heterocycles. The summed E-state index contributed by atoms with van der Waals surface area (Å²) in [5.74, 6) is 6.29. The zero-order valence-corrected chi connectivity index (χ0v) is 11.4. The molecule has 0 unspecified atom stereocenters. The Kier molecular flexibility index (Phi) is 5.55. The van der Waals surface area contributed by atoms with Gasteiger partial charge in [0, 0.05) is 19.0 Å². The fraction of sp³-hybridized carbons (Fsp3) is 0.357. The van der Waals surface area contributed by atoms with E-state index >= 15 is 0 Å². The third-order valence-electron chi connectivity index (χ3n) is 2.53. The molecule has 0 saturated heterocycles. The van der Waals surface area contributed by atoms with Gasteiger partial charge in [-0.25, -0.2) is 0 Å². The second-order valence-electron chi connectivity index (χ2n) is 3.72. The van der Waals surface area contributed by atoms with Gasteiger partial charge >= 0.3 is 0 Å². The van der Waals surface area contributed by atoms with Gasteiger partial charge in [-0.1, -0.05) is 0 Å². The number of nitrogens with one attached hydrogen (secondary N) is 1. The molecule has 5 nitrogen and oxygen atoms in total. The smallest absolute Gasteiger partial charge is 0.253 e. The van der Waals surface area contributed by atoms with Crippen molar-refractivity contribution in [2.75, 3.05) is 26.5 Å². The van der Waals surface area contributed by atoms with Crippen LogP contribution in [-0.4, -0.2) is 26.7 Å². The first-order valence-corrected chi connectivity index (χ1v) is 5.83. The summed E-state index contributed by atoms with van der Waals surface area (Å²) < 4.78 is 10.2. The number of hydrogen-bond donors (Lipinski definition) is 2. The van der Waals surface area contributed by atoms with Crippen LogP contribution in [-0.2, 0) is 0 Å². The minimum absolute atomic E-state index is 0.271. The maximum atomic E-state index is 12.0. The number of amides is 1. The lowest BCUT2D eigenvalue weighted by Gasteiger charge is -2.12. The molecular weight excluding hydrogens is 244 g/mol. The molecule has 19 heavy (non-hydrogen) atoms. The highest BCUT2D eigenvalue weighted by Crippen LogP contribution is 2.30. The molecule has 5 heteroatoms. The number of hydrogen-bond acceptors (Lipinski definition) is 4. The Morgan fingerprint density at radius 2 is 2.11 bits per heavy atom. The summed E-state index contributed by atoms with van der Waals surface area (Å²) in [6, 6.07) is 3.22. The van der Waals surface area contributed by atoms with Crippen molar-refractivity contribution >= 4 is 11.6 Å². The molecule has 1 rings (SSSR count). The van der Waals surface area contributed by atoms with E-state index in [0.717, 1.165) is 0 Å². The predicted octanol–water partition coefficient (Wildman–Crippen LogP) is 1.43. The molecule has 0 aliphatic carbocycles. The van der Waals surface area contributed by atoms with Crippen LogP contribution in [0.1, 0.15) is 23.7 Å². The SMILES string of the molecule is CC#CCCNC(=O)c1cc(OC)cc(OC)c1N. The first-order chi connectivity index (χ1) is 9.13. The maximum Gasteiger partial charge on any atom is 0.253 e. The van der Waals surface area contributed by atoms with Gasteiger partial charge in [0.2, 0.25) is 0 Å². The van der Waals surface area contributed by atoms with E-state index in [1.165, 1.54) is 14.2 Å². The van der Waals surface area contributed by atoms with Crippen LogP contribution >= 0.6 is 0 Å². The highest BCUT2D eigenvalue weighted by Gasteiger charge is 2.15. The molecular formula is C14H18N2O3. The molecule has 3 N–H and O–H groups in total. The van der Waals surface area contributed by atoms with E-state index in [1.54, 1.807) is 19.1 Å². The number of nitrogens with two attached hydrogens (primary N) is 1. The monoisotopic (exact) mass is 262 g/mol. The highest BCUT2D eigenvalue weighted by atomic mass is 16.5. The summed E-state index contributed by atoms with van der Waals surface area (Å²) in [4.78, 5) is 12.0. The summed E-state index contributed by atoms with van der Waals surface area (Å²) in [6.45, 7) is 2.23. The largest absolute Gasteiger partial charge is 0.497 e. The van der Waals surface area contributed by atoms with E-state index in [9.17, 15) is 4.79 Å². The zero-order chi connectivity index (χ0) is 14.3. The number of benzene rings is 1. The van der Waals surface area contributed by atoms with Gasteiger partial charge < -0.3 is 20.5 Å². The molecule has 0 bridgehead atoms. The highest BCUT2D eigenvalue weighted by molar-refractivity contribution is 6.00. The Morgan fingerprint density at radius 3 is 2.68 bits per heavy atom. The number of anilines is 1. The molecule has 0 spiro atoms. The standard InChI is InChI=1S/C14H18N2O3/c1-4-5-6-7-16-14(17)11-8-10(18-2)9-12(19-3)13(11)15/h8-9H,6-7,15H2,1-3H3,(H,16,17). The molecule has 102 valence electrons. The van der Waals surface area contributed by atoms with E-state index in [2.05, 4.69) is 17.2 Å². The second-order valence-corrected chi connectivity index (χ2v) is 3.72. The molecule has 1 aromatic carbocycles. The molecule has 1 amide bonds. The van der Waals surface area contributed by atoms with Gasteiger partial charge in [-0.15, -0.1) is 11.8 Å². The van der Waals surface area contributed by atoms with Crippen LogP contribution in [0.15, 0.2) is 12.1 Å². The summed E-state index contributed by atoms with van der Waals surface area (Å²) in [6.07, 6.45) is 0.600. The van der Waals surface area contributed by atoms with Crippen LogP contribution in [0, 0.1) is 11.8 Å². The third kappa shape index (κ3) is 3.81. The number of methoxy groups -OCH3 is 2. The van der Waals surface area contributed by atoms with Gasteiger partial charge in [0.1, 0.15) is 11.5 Å². The van der Waals surface area contributed by atoms with E-state index in [1.807, 2.05) is 0 Å². The molecule has 0 aromatic heterocycles. The Hall–Kier alpha value is -2.35. The summed E-state index contributed by atoms with van der Waals surface area (Å²) in [5.41, 5.74) is 6.51. The topological polar surface area (TPSA) is 73.6 Å². The van der Waals surface area contributed by atoms with Crippen LogP contribution in [0.25, 0.3) is 0 Å². The van der Waals surface area contributed by atoms with Crippen molar-refractivity contribution in [1.82, 2.24) is 5.32 Å². The van der Waals surface area contributed by atoms with Crippen LogP contribution in [0.2, 0.25) is 0 Å². The molecule has 0 aliphatic rings. The van der Waals surface area contributed by atoms with Gasteiger partial charge in [0.15, 0.2) is 0 Å². The van der Waals surface area contributed by atoms with Crippen molar-refractivity contribution in [1.29, 1.82) is 0 Å². The number of carbonyl (C=O) groups excluding carboxylic acids is 1. The Bertz CT molecular complexity index is 515. The lowest BCUT2D eigenvalue weighted by molar-refractivity contribution is 0.0955. The Balaban J connectivity index is 2.90. The van der Waals surface area contributed by atoms with E-state index < -0.39 is 0 Å². The van der Waals surface area contributed by atoms with E-state index in [-0.39, 0.29) is 5.91 Å². The predicted molar refractivity (Wildman–Crippen MR) is 74.4 cm³/mol. The van der Waals surface area contributed by atoms with Crippen LogP contribution in [0.3, 0.4) is 0 Å². The lowest BCUT2D eigenvalue weighted by Crippen LogP contribution is -2.25. The molecule has 0 fully saturated rings. The van der Waals surface area contributed by atoms with Crippen molar-refractivity contribution in [2.45, 2.75) is 13.3 Å². The maximum absolute atomic E-state index is 12.0. The first-order valence-electron chi connectivity index (χ1n) is 5.83. The van der Waals surface area contributed by atoms with Gasteiger partial charge in [-0.2, -0.15) is 0 Å². The quantitative estimate of drug-likeness (QED) is 0.478. The number of nitrogen functional groups attached to an aromatic ring is 1. The number of ether oxygens (including phenoxy) is 2. The van der Waals surface area contributed by atoms with Crippen molar-refractivity contribution < 1.29 is 14.3 Å².